The van der Waals surface area contributed by atoms with Crippen LogP contribution in [-0.4, -0.2) is 30.0 Å². The highest BCUT2D eigenvalue weighted by atomic mass is 16.2. The number of rotatable bonds is 6. The van der Waals surface area contributed by atoms with Gasteiger partial charge in [-0.25, -0.2) is 4.98 Å². The van der Waals surface area contributed by atoms with E-state index in [1.54, 1.807) is 19.0 Å². The Morgan fingerprint density at radius 2 is 1.93 bits per heavy atom. The summed E-state index contributed by atoms with van der Waals surface area (Å²) < 4.78 is 0. The van der Waals surface area contributed by atoms with Crippen LogP contribution in [0.1, 0.15) is 66.2 Å². The zero-order valence-electron chi connectivity index (χ0n) is 16.1. The Kier molecular flexibility index (Phi) is 4.29. The van der Waals surface area contributed by atoms with Crippen LogP contribution in [0, 0.1) is 5.41 Å². The normalized spacial score (nSPS) is 18.6. The van der Waals surface area contributed by atoms with Crippen LogP contribution in [0.4, 0.5) is 5.95 Å². The number of anilines is 1. The van der Waals surface area contributed by atoms with E-state index >= 15 is 0 Å². The molecule has 0 radical (unpaired) electrons. The average Bonchev–Trinajstić information content (AvgIpc) is 3.56. The molecule has 2 aliphatic carbocycles. The number of aromatic amines is 1. The summed E-state index contributed by atoms with van der Waals surface area (Å²) in [5.41, 5.74) is 2.37. The molecule has 6 heteroatoms. The van der Waals surface area contributed by atoms with Crippen molar-refractivity contribution in [1.82, 2.24) is 15.3 Å². The number of aromatic nitrogens is 2. The van der Waals surface area contributed by atoms with Crippen LogP contribution in [0.3, 0.4) is 0 Å². The fraction of sp³-hybridized carbons (Fsp3) is 0.476. The summed E-state index contributed by atoms with van der Waals surface area (Å²) in [6, 6.07) is 9.82. The van der Waals surface area contributed by atoms with Crippen molar-refractivity contribution < 1.29 is 4.79 Å². The number of nitrogens with one attached hydrogen (secondary N) is 2. The molecule has 1 aromatic heterocycles. The average molecular weight is 366 g/mol. The molecule has 2 N–H and O–H groups in total. The van der Waals surface area contributed by atoms with Gasteiger partial charge >= 0.3 is 0 Å². The van der Waals surface area contributed by atoms with E-state index < -0.39 is 0 Å². The predicted molar refractivity (Wildman–Crippen MR) is 105 cm³/mol. The number of benzene rings is 1. The summed E-state index contributed by atoms with van der Waals surface area (Å²) in [6.45, 7) is 2.20. The molecule has 1 heterocycles. The minimum Gasteiger partial charge on any atom is -0.348 e. The summed E-state index contributed by atoms with van der Waals surface area (Å²) in [6.07, 6.45) is 4.71. The Bertz CT molecular complexity index is 909. The maximum atomic E-state index is 12.9. The maximum Gasteiger partial charge on any atom is 0.270 e. The van der Waals surface area contributed by atoms with Gasteiger partial charge in [-0.2, -0.15) is 0 Å². The molecule has 0 unspecified atom stereocenters. The molecular weight excluding hydrogens is 340 g/mol. The lowest BCUT2D eigenvalue weighted by Crippen LogP contribution is -2.35. The molecule has 0 aliphatic heterocycles. The van der Waals surface area contributed by atoms with Crippen molar-refractivity contribution >= 4 is 11.9 Å². The number of carbonyl (C=O) groups is 1. The van der Waals surface area contributed by atoms with Crippen LogP contribution < -0.4 is 15.8 Å². The van der Waals surface area contributed by atoms with Crippen molar-refractivity contribution in [3.05, 3.63) is 57.5 Å². The van der Waals surface area contributed by atoms with Crippen LogP contribution in [-0.2, 0) is 0 Å². The summed E-state index contributed by atoms with van der Waals surface area (Å²) in [7, 11) is 3.55. The summed E-state index contributed by atoms with van der Waals surface area (Å²) in [5, 5.41) is 3.14. The molecule has 2 saturated carbocycles. The Labute approximate surface area is 159 Å². The van der Waals surface area contributed by atoms with Gasteiger partial charge < -0.3 is 10.2 Å². The Morgan fingerprint density at radius 3 is 2.48 bits per heavy atom. The van der Waals surface area contributed by atoms with Crippen LogP contribution >= 0.6 is 0 Å². The summed E-state index contributed by atoms with van der Waals surface area (Å²) in [4.78, 5) is 33.4. The van der Waals surface area contributed by atoms with Gasteiger partial charge in [0.15, 0.2) is 0 Å². The zero-order valence-corrected chi connectivity index (χ0v) is 16.1. The monoisotopic (exact) mass is 366 g/mol. The third-order valence-corrected chi connectivity index (χ3v) is 5.72. The molecule has 0 bridgehead atoms. The van der Waals surface area contributed by atoms with Crippen LogP contribution in [0.25, 0.3) is 0 Å². The van der Waals surface area contributed by atoms with E-state index in [0.717, 1.165) is 18.4 Å². The van der Waals surface area contributed by atoms with Crippen molar-refractivity contribution in [3.8, 4) is 0 Å². The second-order valence-corrected chi connectivity index (χ2v) is 8.35. The van der Waals surface area contributed by atoms with E-state index in [4.69, 9.17) is 0 Å². The van der Waals surface area contributed by atoms with E-state index in [0.29, 0.717) is 11.9 Å². The number of carbonyl (C=O) groups excluding carboxylic acids is 1. The molecule has 1 amide bonds. The molecule has 2 aromatic rings. The first-order valence-electron chi connectivity index (χ1n) is 9.55. The van der Waals surface area contributed by atoms with Gasteiger partial charge in [0.1, 0.15) is 5.69 Å². The van der Waals surface area contributed by atoms with Crippen LogP contribution in [0.15, 0.2) is 35.1 Å². The lowest BCUT2D eigenvalue weighted by molar-refractivity contribution is 0.0913. The molecule has 142 valence electrons. The van der Waals surface area contributed by atoms with Gasteiger partial charge in [0, 0.05) is 20.2 Å². The van der Waals surface area contributed by atoms with E-state index in [-0.39, 0.29) is 28.6 Å². The zero-order chi connectivity index (χ0) is 19.2. The number of amides is 1. The van der Waals surface area contributed by atoms with E-state index in [9.17, 15) is 9.59 Å². The third kappa shape index (κ3) is 3.75. The first-order chi connectivity index (χ1) is 12.9. The maximum absolute atomic E-state index is 12.9. The highest BCUT2D eigenvalue weighted by Gasteiger charge is 2.46. The topological polar surface area (TPSA) is 78.1 Å². The molecule has 6 nitrogen and oxygen atoms in total. The van der Waals surface area contributed by atoms with E-state index in [1.807, 2.05) is 0 Å². The van der Waals surface area contributed by atoms with E-state index in [1.165, 1.54) is 24.5 Å². The Balaban J connectivity index is 1.59. The molecular formula is C21H26N4O2. The first kappa shape index (κ1) is 17.8. The van der Waals surface area contributed by atoms with Gasteiger partial charge in [0.05, 0.1) is 6.04 Å². The number of hydrogen-bond acceptors (Lipinski definition) is 4. The van der Waals surface area contributed by atoms with Crippen LogP contribution in [0.5, 0.6) is 0 Å². The molecule has 1 atom stereocenters. The lowest BCUT2D eigenvalue weighted by atomic mass is 9.90. The summed E-state index contributed by atoms with van der Waals surface area (Å²) >= 11 is 0. The largest absolute Gasteiger partial charge is 0.348 e. The molecule has 2 fully saturated rings. The van der Waals surface area contributed by atoms with Gasteiger partial charge in [0.2, 0.25) is 5.95 Å². The highest BCUT2D eigenvalue weighted by molar-refractivity contribution is 5.92. The van der Waals surface area contributed by atoms with Gasteiger partial charge in [-0.1, -0.05) is 31.2 Å². The van der Waals surface area contributed by atoms with Crippen molar-refractivity contribution in [1.29, 1.82) is 0 Å². The quantitative estimate of drug-likeness (QED) is 0.824. The predicted octanol–water partition coefficient (Wildman–Crippen LogP) is 2.98. The van der Waals surface area contributed by atoms with Crippen molar-refractivity contribution in [2.24, 2.45) is 5.41 Å². The summed E-state index contributed by atoms with van der Waals surface area (Å²) in [5.74, 6) is 0.775. The first-order valence-corrected chi connectivity index (χ1v) is 9.55. The molecule has 4 rings (SSSR count). The second-order valence-electron chi connectivity index (χ2n) is 8.35. The molecule has 2 aliphatic rings. The lowest BCUT2D eigenvalue weighted by Gasteiger charge is -2.25. The van der Waals surface area contributed by atoms with Crippen LogP contribution in [0.2, 0.25) is 0 Å². The third-order valence-electron chi connectivity index (χ3n) is 5.72. The van der Waals surface area contributed by atoms with Crippen molar-refractivity contribution in [2.45, 2.75) is 44.6 Å². The van der Waals surface area contributed by atoms with Gasteiger partial charge in [-0.05, 0) is 48.1 Å². The minimum atomic E-state index is -0.332. The number of H-pyrrole nitrogens is 1. The SMILES string of the molecule is CN(C)c1nc(C(=O)N[C@@H](c2ccc(C3CC3)cc2)C2(C)CC2)cc(=O)[nH]1. The fourth-order valence-corrected chi connectivity index (χ4v) is 3.50. The number of nitrogens with zero attached hydrogens (tertiary/aromatic N) is 2. The van der Waals surface area contributed by atoms with Gasteiger partial charge in [0.25, 0.3) is 11.5 Å². The minimum absolute atomic E-state index is 0.0579. The van der Waals surface area contributed by atoms with Crippen molar-refractivity contribution in [2.75, 3.05) is 19.0 Å². The van der Waals surface area contributed by atoms with Gasteiger partial charge in [-0.3, -0.25) is 14.6 Å². The molecule has 27 heavy (non-hydrogen) atoms. The smallest absolute Gasteiger partial charge is 0.270 e. The standard InChI is InChI=1S/C21H26N4O2/c1-21(10-11-21)18(15-8-6-14(7-9-15)13-4-5-13)24-19(27)16-12-17(26)23-20(22-16)25(2)3/h6-9,12-13,18H,4-5,10-11H2,1-3H3,(H,24,27)(H,22,23,26)/t18-/m0/s1. The number of hydrogen-bond donors (Lipinski definition) is 2. The van der Waals surface area contributed by atoms with Crippen molar-refractivity contribution in [3.63, 3.8) is 0 Å². The molecule has 1 aromatic carbocycles. The van der Waals surface area contributed by atoms with Gasteiger partial charge in [-0.15, -0.1) is 0 Å². The second kappa shape index (κ2) is 6.51. The molecule has 0 saturated heterocycles. The Morgan fingerprint density at radius 1 is 1.26 bits per heavy atom. The van der Waals surface area contributed by atoms with E-state index in [2.05, 4.69) is 46.5 Å². The fourth-order valence-electron chi connectivity index (χ4n) is 3.50. The molecule has 0 spiro atoms. The Hall–Kier alpha value is -2.63. The highest BCUT2D eigenvalue weighted by Crippen LogP contribution is 2.54.